The van der Waals surface area contributed by atoms with E-state index in [9.17, 15) is 4.79 Å². The molecule has 0 aliphatic carbocycles. The second-order valence-electron chi connectivity index (χ2n) is 6.64. The third kappa shape index (κ3) is 3.47. The van der Waals surface area contributed by atoms with Crippen molar-refractivity contribution in [2.75, 3.05) is 4.90 Å². The summed E-state index contributed by atoms with van der Waals surface area (Å²) in [6.07, 6.45) is 0. The molecule has 0 amide bonds. The summed E-state index contributed by atoms with van der Waals surface area (Å²) in [5.74, 6) is 0.105. The standard InChI is InChI=1S/C25H21NO/c1-19(25(27)22-17-16-20-10-8-9-11-21(20)18-22)26(23-12-4-2-5-13-23)24-14-6-3-7-15-24/h2-19H,1H3. The fraction of sp³-hybridized carbons (Fsp3) is 0.0800. The van der Waals surface area contributed by atoms with Crippen molar-refractivity contribution < 1.29 is 4.79 Å². The first-order valence-electron chi connectivity index (χ1n) is 9.16. The highest BCUT2D eigenvalue weighted by Gasteiger charge is 2.24. The van der Waals surface area contributed by atoms with Gasteiger partial charge in [-0.15, -0.1) is 0 Å². The number of ketones is 1. The van der Waals surface area contributed by atoms with Gasteiger partial charge in [-0.2, -0.15) is 0 Å². The van der Waals surface area contributed by atoms with Gasteiger partial charge in [0, 0.05) is 16.9 Å². The number of carbonyl (C=O) groups excluding carboxylic acids is 1. The Morgan fingerprint density at radius 3 is 1.78 bits per heavy atom. The molecule has 0 saturated carbocycles. The molecule has 1 atom stereocenters. The molecule has 0 aliphatic rings. The van der Waals surface area contributed by atoms with Crippen molar-refractivity contribution in [2.45, 2.75) is 13.0 Å². The highest BCUT2D eigenvalue weighted by atomic mass is 16.1. The van der Waals surface area contributed by atoms with E-state index >= 15 is 0 Å². The van der Waals surface area contributed by atoms with Crippen molar-refractivity contribution in [3.8, 4) is 0 Å². The molecule has 27 heavy (non-hydrogen) atoms. The van der Waals surface area contributed by atoms with Gasteiger partial charge in [0.05, 0.1) is 6.04 Å². The third-order valence-corrected chi connectivity index (χ3v) is 4.87. The average molecular weight is 351 g/mol. The summed E-state index contributed by atoms with van der Waals surface area (Å²) in [7, 11) is 0. The zero-order chi connectivity index (χ0) is 18.6. The molecule has 0 heterocycles. The lowest BCUT2D eigenvalue weighted by Crippen LogP contribution is -2.35. The highest BCUT2D eigenvalue weighted by Crippen LogP contribution is 2.29. The van der Waals surface area contributed by atoms with Crippen molar-refractivity contribution in [1.29, 1.82) is 0 Å². The van der Waals surface area contributed by atoms with Gasteiger partial charge in [0.15, 0.2) is 5.78 Å². The van der Waals surface area contributed by atoms with Crippen LogP contribution >= 0.6 is 0 Å². The van der Waals surface area contributed by atoms with Crippen LogP contribution in [0.4, 0.5) is 11.4 Å². The van der Waals surface area contributed by atoms with Gasteiger partial charge >= 0.3 is 0 Å². The lowest BCUT2D eigenvalue weighted by atomic mass is 9.99. The zero-order valence-corrected chi connectivity index (χ0v) is 15.2. The van der Waals surface area contributed by atoms with Gasteiger partial charge in [-0.25, -0.2) is 0 Å². The van der Waals surface area contributed by atoms with Crippen LogP contribution in [0.1, 0.15) is 17.3 Å². The Labute approximate surface area is 159 Å². The maximum Gasteiger partial charge on any atom is 0.185 e. The molecular weight excluding hydrogens is 330 g/mol. The van der Waals surface area contributed by atoms with Crippen LogP contribution in [0.25, 0.3) is 10.8 Å². The summed E-state index contributed by atoms with van der Waals surface area (Å²) in [5, 5.41) is 2.23. The number of para-hydroxylation sites is 2. The largest absolute Gasteiger partial charge is 0.331 e. The minimum Gasteiger partial charge on any atom is -0.331 e. The number of hydrogen-bond donors (Lipinski definition) is 0. The number of nitrogens with zero attached hydrogens (tertiary/aromatic N) is 1. The van der Waals surface area contributed by atoms with Crippen LogP contribution < -0.4 is 4.90 Å². The predicted octanol–water partition coefficient (Wildman–Crippen LogP) is 6.25. The molecule has 1 unspecified atom stereocenters. The molecule has 0 aliphatic heterocycles. The molecule has 4 aromatic rings. The number of hydrogen-bond acceptors (Lipinski definition) is 2. The quantitative estimate of drug-likeness (QED) is 0.396. The third-order valence-electron chi connectivity index (χ3n) is 4.87. The number of Topliss-reactive ketones (excluding diaryl/α,β-unsaturated/α-hetero) is 1. The smallest absolute Gasteiger partial charge is 0.185 e. The van der Waals surface area contributed by atoms with Gasteiger partial charge < -0.3 is 4.90 Å². The molecule has 0 bridgehead atoms. The first-order chi connectivity index (χ1) is 13.2. The van der Waals surface area contributed by atoms with Gasteiger partial charge in [-0.05, 0) is 48.0 Å². The maximum atomic E-state index is 13.3. The molecule has 2 nitrogen and oxygen atoms in total. The van der Waals surface area contributed by atoms with Crippen LogP contribution in [0.2, 0.25) is 0 Å². The summed E-state index contributed by atoms with van der Waals surface area (Å²) >= 11 is 0. The van der Waals surface area contributed by atoms with Crippen LogP contribution in [0, 0.1) is 0 Å². The Hall–Kier alpha value is -3.39. The summed E-state index contributed by atoms with van der Waals surface area (Å²) < 4.78 is 0. The van der Waals surface area contributed by atoms with Gasteiger partial charge in [-0.1, -0.05) is 72.8 Å². The Kier molecular flexibility index (Phi) is 4.71. The van der Waals surface area contributed by atoms with Gasteiger partial charge in [0.2, 0.25) is 0 Å². The predicted molar refractivity (Wildman–Crippen MR) is 113 cm³/mol. The molecule has 2 heteroatoms. The SMILES string of the molecule is CC(C(=O)c1ccc2ccccc2c1)N(c1ccccc1)c1ccccc1. The number of benzene rings is 4. The molecule has 4 aromatic carbocycles. The van der Waals surface area contributed by atoms with E-state index in [2.05, 4.69) is 11.0 Å². The van der Waals surface area contributed by atoms with Crippen LogP contribution in [0.3, 0.4) is 0 Å². The zero-order valence-electron chi connectivity index (χ0n) is 15.2. The van der Waals surface area contributed by atoms with E-state index in [0.717, 1.165) is 27.7 Å². The highest BCUT2D eigenvalue weighted by molar-refractivity contribution is 6.05. The van der Waals surface area contributed by atoms with E-state index in [1.54, 1.807) is 0 Å². The summed E-state index contributed by atoms with van der Waals surface area (Å²) in [5.41, 5.74) is 2.74. The van der Waals surface area contributed by atoms with E-state index < -0.39 is 0 Å². The van der Waals surface area contributed by atoms with E-state index in [1.165, 1.54) is 0 Å². The van der Waals surface area contributed by atoms with Crippen LogP contribution in [0.15, 0.2) is 103 Å². The lowest BCUT2D eigenvalue weighted by Gasteiger charge is -2.30. The van der Waals surface area contributed by atoms with Gasteiger partial charge in [0.25, 0.3) is 0 Å². The van der Waals surface area contributed by atoms with Crippen molar-refractivity contribution in [2.24, 2.45) is 0 Å². The van der Waals surface area contributed by atoms with Crippen LogP contribution in [-0.4, -0.2) is 11.8 Å². The molecule has 0 aromatic heterocycles. The number of carbonyl (C=O) groups is 1. The molecule has 0 spiro atoms. The van der Waals surface area contributed by atoms with Crippen molar-refractivity contribution in [3.63, 3.8) is 0 Å². The van der Waals surface area contributed by atoms with E-state index in [-0.39, 0.29) is 11.8 Å². The first-order valence-corrected chi connectivity index (χ1v) is 9.16. The maximum absolute atomic E-state index is 13.3. The molecule has 132 valence electrons. The second kappa shape index (κ2) is 7.46. The Balaban J connectivity index is 1.74. The minimum atomic E-state index is -0.323. The van der Waals surface area contributed by atoms with E-state index in [1.807, 2.05) is 104 Å². The fourth-order valence-corrected chi connectivity index (χ4v) is 3.47. The van der Waals surface area contributed by atoms with E-state index in [4.69, 9.17) is 0 Å². The van der Waals surface area contributed by atoms with E-state index in [0.29, 0.717) is 0 Å². The first kappa shape index (κ1) is 17.0. The van der Waals surface area contributed by atoms with Crippen LogP contribution in [-0.2, 0) is 0 Å². The molecule has 0 N–H and O–H groups in total. The van der Waals surface area contributed by atoms with Gasteiger partial charge in [-0.3, -0.25) is 4.79 Å². The average Bonchev–Trinajstić information content (AvgIpc) is 2.74. The molecule has 0 saturated heterocycles. The summed E-state index contributed by atoms with van der Waals surface area (Å²) in [4.78, 5) is 15.4. The molecule has 0 radical (unpaired) electrons. The van der Waals surface area contributed by atoms with Crippen molar-refractivity contribution in [3.05, 3.63) is 109 Å². The number of fused-ring (bicyclic) bond motifs is 1. The Bertz CT molecular complexity index is 1020. The summed E-state index contributed by atoms with van der Waals surface area (Å²) in [6, 6.07) is 33.9. The van der Waals surface area contributed by atoms with Crippen molar-refractivity contribution in [1.82, 2.24) is 0 Å². The second-order valence-corrected chi connectivity index (χ2v) is 6.64. The van der Waals surface area contributed by atoms with Crippen molar-refractivity contribution >= 4 is 27.9 Å². The molecule has 0 fully saturated rings. The lowest BCUT2D eigenvalue weighted by molar-refractivity contribution is 0.0968. The topological polar surface area (TPSA) is 20.3 Å². The summed E-state index contributed by atoms with van der Waals surface area (Å²) in [6.45, 7) is 1.97. The fourth-order valence-electron chi connectivity index (χ4n) is 3.47. The Morgan fingerprint density at radius 1 is 0.667 bits per heavy atom. The molecule has 4 rings (SSSR count). The number of rotatable bonds is 5. The molecular formula is C25H21NO. The minimum absolute atomic E-state index is 0.105. The monoisotopic (exact) mass is 351 g/mol. The Morgan fingerprint density at radius 2 is 1.19 bits per heavy atom. The van der Waals surface area contributed by atoms with Gasteiger partial charge in [0.1, 0.15) is 0 Å². The normalized spacial score (nSPS) is 11.9. The van der Waals surface area contributed by atoms with Crippen LogP contribution in [0.5, 0.6) is 0 Å². The number of anilines is 2.